The molecule has 0 aromatic heterocycles. The van der Waals surface area contributed by atoms with Gasteiger partial charge in [0.25, 0.3) is 0 Å². The molecule has 0 radical (unpaired) electrons. The van der Waals surface area contributed by atoms with Gasteiger partial charge in [-0.25, -0.2) is 0 Å². The van der Waals surface area contributed by atoms with E-state index in [1.54, 1.807) is 24.3 Å². The van der Waals surface area contributed by atoms with Crippen molar-refractivity contribution in [1.82, 2.24) is 0 Å². The fourth-order valence-corrected chi connectivity index (χ4v) is 1.17. The van der Waals surface area contributed by atoms with Crippen LogP contribution in [0.3, 0.4) is 0 Å². The molecular formula is C17H22O. The van der Waals surface area contributed by atoms with Gasteiger partial charge in [0.2, 0.25) is 0 Å². The van der Waals surface area contributed by atoms with Crippen LogP contribution < -0.4 is 0 Å². The van der Waals surface area contributed by atoms with E-state index in [4.69, 9.17) is 5.11 Å². The first-order chi connectivity index (χ1) is 8.91. The number of rotatable bonds is 8. The number of unbranched alkanes of at least 4 members (excludes halogenated alkanes) is 3. The molecule has 0 amide bonds. The monoisotopic (exact) mass is 242 g/mol. The van der Waals surface area contributed by atoms with Crippen molar-refractivity contribution < 1.29 is 5.11 Å². The predicted octanol–water partition coefficient (Wildman–Crippen LogP) is 3.95. The second kappa shape index (κ2) is 15.2. The normalized spacial score (nSPS) is 11.6. The van der Waals surface area contributed by atoms with Crippen molar-refractivity contribution in [2.24, 2.45) is 0 Å². The number of hydrogen-bond donors (Lipinski definition) is 1. The van der Waals surface area contributed by atoms with Crippen LogP contribution in [-0.2, 0) is 0 Å². The van der Waals surface area contributed by atoms with Gasteiger partial charge in [0, 0.05) is 0 Å². The van der Waals surface area contributed by atoms with E-state index in [0.717, 1.165) is 12.8 Å². The van der Waals surface area contributed by atoms with Crippen LogP contribution >= 0.6 is 0 Å². The lowest BCUT2D eigenvalue weighted by Gasteiger charge is -1.90. The molecule has 0 saturated heterocycles. The molecule has 0 spiro atoms. The molecule has 0 rings (SSSR count). The van der Waals surface area contributed by atoms with Crippen LogP contribution in [0.15, 0.2) is 61.3 Å². The maximum absolute atomic E-state index is 8.48. The Hall–Kier alpha value is -1.78. The molecule has 0 aliphatic carbocycles. The quantitative estimate of drug-likeness (QED) is 0.296. The van der Waals surface area contributed by atoms with Crippen molar-refractivity contribution >= 4 is 0 Å². The lowest BCUT2D eigenvalue weighted by atomic mass is 10.2. The van der Waals surface area contributed by atoms with E-state index < -0.39 is 0 Å². The van der Waals surface area contributed by atoms with Gasteiger partial charge in [0.15, 0.2) is 0 Å². The average molecular weight is 242 g/mol. The number of hydrogen-bond acceptors (Lipinski definition) is 1. The molecule has 1 nitrogen and oxygen atoms in total. The Bertz CT molecular complexity index is 359. The van der Waals surface area contributed by atoms with E-state index >= 15 is 0 Å². The molecule has 0 unspecified atom stereocenters. The molecule has 0 aromatic rings. The highest BCUT2D eigenvalue weighted by Gasteiger charge is 1.80. The maximum Gasteiger partial charge on any atom is 0.0615 e. The molecule has 0 saturated carbocycles. The van der Waals surface area contributed by atoms with Crippen molar-refractivity contribution in [2.75, 3.05) is 6.61 Å². The molecule has 1 heteroatoms. The van der Waals surface area contributed by atoms with E-state index in [9.17, 15) is 0 Å². The van der Waals surface area contributed by atoms with E-state index in [-0.39, 0.29) is 6.61 Å². The molecule has 1 N–H and O–H groups in total. The van der Waals surface area contributed by atoms with Crippen LogP contribution in [0.1, 0.15) is 25.7 Å². The Morgan fingerprint density at radius 1 is 0.833 bits per heavy atom. The molecule has 0 atom stereocenters. The first-order valence-electron chi connectivity index (χ1n) is 6.28. The number of allylic oxidation sites excluding steroid dienone is 8. The highest BCUT2D eigenvalue weighted by molar-refractivity contribution is 5.27. The van der Waals surface area contributed by atoms with Gasteiger partial charge in [0.1, 0.15) is 0 Å². The van der Waals surface area contributed by atoms with E-state index in [2.05, 4.69) is 24.5 Å². The van der Waals surface area contributed by atoms with Crippen LogP contribution in [0.25, 0.3) is 0 Å². The van der Waals surface area contributed by atoms with Crippen molar-refractivity contribution in [3.63, 3.8) is 0 Å². The second-order valence-corrected chi connectivity index (χ2v) is 3.62. The average Bonchev–Trinajstić information content (AvgIpc) is 2.39. The third-order valence-corrected chi connectivity index (χ3v) is 2.07. The van der Waals surface area contributed by atoms with Gasteiger partial charge < -0.3 is 5.11 Å². The van der Waals surface area contributed by atoms with Gasteiger partial charge in [-0.15, -0.1) is 6.58 Å². The molecule has 0 fully saturated rings. The molecular weight excluding hydrogens is 220 g/mol. The van der Waals surface area contributed by atoms with Crippen LogP contribution in [0.5, 0.6) is 0 Å². The zero-order chi connectivity index (χ0) is 13.3. The summed E-state index contributed by atoms with van der Waals surface area (Å²) in [4.78, 5) is 0. The lowest BCUT2D eigenvalue weighted by molar-refractivity contribution is 0.343. The fraction of sp³-hybridized carbons (Fsp3) is 0.294. The standard InChI is InChI=1S/C17H22O/c1-2-3-4-5-6-7-8-9-10-11-12-13-14-15-16-17-18/h2,7-10,13-16,18H,1,3-6,17H2. The largest absolute Gasteiger partial charge is 0.392 e. The molecule has 0 bridgehead atoms. The Kier molecular flexibility index (Phi) is 13.7. The Morgan fingerprint density at radius 3 is 2.06 bits per heavy atom. The Labute approximate surface area is 111 Å². The maximum atomic E-state index is 8.48. The number of aliphatic hydroxyl groups excluding tert-OH is 1. The third kappa shape index (κ3) is 14.2. The van der Waals surface area contributed by atoms with E-state index in [0.29, 0.717) is 0 Å². The first-order valence-corrected chi connectivity index (χ1v) is 6.28. The molecule has 0 heterocycles. The highest BCUT2D eigenvalue weighted by atomic mass is 16.2. The summed E-state index contributed by atoms with van der Waals surface area (Å²) in [6.07, 6.45) is 21.5. The summed E-state index contributed by atoms with van der Waals surface area (Å²) in [6, 6.07) is 0. The van der Waals surface area contributed by atoms with E-state index in [1.807, 2.05) is 24.3 Å². The summed E-state index contributed by atoms with van der Waals surface area (Å²) in [7, 11) is 0. The molecule has 18 heavy (non-hydrogen) atoms. The summed E-state index contributed by atoms with van der Waals surface area (Å²) in [6.45, 7) is 3.76. The smallest absolute Gasteiger partial charge is 0.0615 e. The van der Waals surface area contributed by atoms with Crippen LogP contribution in [0, 0.1) is 11.8 Å². The second-order valence-electron chi connectivity index (χ2n) is 3.62. The van der Waals surface area contributed by atoms with Crippen molar-refractivity contribution in [3.05, 3.63) is 61.3 Å². The molecule has 0 aliphatic heterocycles. The Balaban J connectivity index is 3.61. The van der Waals surface area contributed by atoms with Gasteiger partial charge >= 0.3 is 0 Å². The summed E-state index contributed by atoms with van der Waals surface area (Å²) < 4.78 is 0. The SMILES string of the molecule is C=CCCCCC=CC=CC#CC=CC=CCO. The molecule has 0 aromatic carbocycles. The summed E-state index contributed by atoms with van der Waals surface area (Å²) in [5.41, 5.74) is 0. The van der Waals surface area contributed by atoms with Crippen molar-refractivity contribution in [2.45, 2.75) is 25.7 Å². The highest BCUT2D eigenvalue weighted by Crippen LogP contribution is 2.00. The van der Waals surface area contributed by atoms with Gasteiger partial charge in [-0.3, -0.25) is 0 Å². The minimum atomic E-state index is 0.0647. The van der Waals surface area contributed by atoms with Crippen molar-refractivity contribution in [1.29, 1.82) is 0 Å². The summed E-state index contributed by atoms with van der Waals surface area (Å²) >= 11 is 0. The summed E-state index contributed by atoms with van der Waals surface area (Å²) in [5.74, 6) is 5.76. The van der Waals surface area contributed by atoms with Crippen molar-refractivity contribution in [3.8, 4) is 11.8 Å². The van der Waals surface area contributed by atoms with Gasteiger partial charge in [-0.05, 0) is 37.8 Å². The minimum absolute atomic E-state index is 0.0647. The first kappa shape index (κ1) is 16.2. The topological polar surface area (TPSA) is 20.2 Å². The zero-order valence-electron chi connectivity index (χ0n) is 10.9. The lowest BCUT2D eigenvalue weighted by Crippen LogP contribution is -1.70. The van der Waals surface area contributed by atoms with Gasteiger partial charge in [-0.2, -0.15) is 0 Å². The summed E-state index contributed by atoms with van der Waals surface area (Å²) in [5, 5.41) is 8.48. The molecule has 0 aliphatic rings. The minimum Gasteiger partial charge on any atom is -0.392 e. The molecule has 96 valence electrons. The van der Waals surface area contributed by atoms with Crippen LogP contribution in [0.2, 0.25) is 0 Å². The Morgan fingerprint density at radius 2 is 1.44 bits per heavy atom. The van der Waals surface area contributed by atoms with Crippen LogP contribution in [0.4, 0.5) is 0 Å². The van der Waals surface area contributed by atoms with Gasteiger partial charge in [0.05, 0.1) is 6.61 Å². The third-order valence-electron chi connectivity index (χ3n) is 2.07. The van der Waals surface area contributed by atoms with Gasteiger partial charge in [-0.1, -0.05) is 54.4 Å². The predicted molar refractivity (Wildman–Crippen MR) is 80.1 cm³/mol. The van der Waals surface area contributed by atoms with E-state index in [1.165, 1.54) is 12.8 Å². The number of aliphatic hydroxyl groups is 1. The van der Waals surface area contributed by atoms with Crippen LogP contribution in [-0.4, -0.2) is 11.7 Å². The fourth-order valence-electron chi connectivity index (χ4n) is 1.17. The zero-order valence-corrected chi connectivity index (χ0v) is 10.9.